The maximum atomic E-state index is 6.47. The maximum Gasteiger partial charge on any atom is 0.136 e. The van der Waals surface area contributed by atoms with E-state index in [0.29, 0.717) is 0 Å². The number of rotatable bonds is 6. The topological polar surface area (TPSA) is 19.6 Å². The summed E-state index contributed by atoms with van der Waals surface area (Å²) < 4.78 is 6.47. The summed E-state index contributed by atoms with van der Waals surface area (Å²) in [4.78, 5) is 4.64. The molecule has 0 atom stereocenters. The highest BCUT2D eigenvalue weighted by atomic mass is 16.3. The van der Waals surface area contributed by atoms with Gasteiger partial charge >= 0.3 is 0 Å². The van der Waals surface area contributed by atoms with E-state index in [4.69, 9.17) is 4.42 Å². The summed E-state index contributed by atoms with van der Waals surface area (Å²) in [6.07, 6.45) is 0. The van der Waals surface area contributed by atoms with Crippen molar-refractivity contribution in [1.29, 1.82) is 0 Å². The molecule has 0 spiro atoms. The molecular weight excluding hydrogens is 572 g/mol. The molecule has 222 valence electrons. The van der Waals surface area contributed by atoms with Crippen LogP contribution in [0, 0.1) is 0 Å². The quantitative estimate of drug-likeness (QED) is 0.177. The molecule has 47 heavy (non-hydrogen) atoms. The Kier molecular flexibility index (Phi) is 6.46. The van der Waals surface area contributed by atoms with Crippen LogP contribution in [-0.4, -0.2) is 0 Å². The molecule has 1 aromatic heterocycles. The Morgan fingerprint density at radius 3 is 1.45 bits per heavy atom. The van der Waals surface area contributed by atoms with Gasteiger partial charge in [0.15, 0.2) is 0 Å². The molecule has 0 amide bonds. The van der Waals surface area contributed by atoms with Crippen molar-refractivity contribution in [3.8, 4) is 0 Å². The van der Waals surface area contributed by atoms with Crippen LogP contribution in [0.3, 0.4) is 0 Å². The Hall–Kier alpha value is -6.32. The van der Waals surface area contributed by atoms with Crippen LogP contribution in [0.2, 0.25) is 0 Å². The molecular formula is C44H30N2O. The normalized spacial score (nSPS) is 11.4. The first kappa shape index (κ1) is 27.0. The number of furan rings is 1. The van der Waals surface area contributed by atoms with Gasteiger partial charge in [-0.2, -0.15) is 0 Å². The molecule has 0 saturated heterocycles. The van der Waals surface area contributed by atoms with Gasteiger partial charge in [-0.3, -0.25) is 0 Å². The zero-order valence-electron chi connectivity index (χ0n) is 25.6. The van der Waals surface area contributed by atoms with Crippen LogP contribution < -0.4 is 9.80 Å². The number of hydrogen-bond donors (Lipinski definition) is 0. The number of fused-ring (bicyclic) bond motifs is 6. The smallest absolute Gasteiger partial charge is 0.136 e. The van der Waals surface area contributed by atoms with Gasteiger partial charge in [-0.25, -0.2) is 0 Å². The third-order valence-electron chi connectivity index (χ3n) is 8.98. The van der Waals surface area contributed by atoms with Crippen LogP contribution in [0.15, 0.2) is 186 Å². The third kappa shape index (κ3) is 4.68. The van der Waals surface area contributed by atoms with Crippen LogP contribution in [0.1, 0.15) is 0 Å². The number of anilines is 6. The molecule has 0 aliphatic carbocycles. The van der Waals surface area contributed by atoms with E-state index in [0.717, 1.165) is 61.4 Å². The second-order valence-electron chi connectivity index (χ2n) is 11.8. The molecule has 0 N–H and O–H groups in total. The van der Waals surface area contributed by atoms with Gasteiger partial charge in [0.25, 0.3) is 0 Å². The highest BCUT2D eigenvalue weighted by molar-refractivity contribution is 6.19. The van der Waals surface area contributed by atoms with Gasteiger partial charge in [-0.15, -0.1) is 0 Å². The zero-order valence-corrected chi connectivity index (χ0v) is 25.6. The van der Waals surface area contributed by atoms with Crippen molar-refractivity contribution in [2.75, 3.05) is 9.80 Å². The summed E-state index contributed by atoms with van der Waals surface area (Å²) in [5.41, 5.74) is 8.45. The highest BCUT2D eigenvalue weighted by Crippen LogP contribution is 2.43. The van der Waals surface area contributed by atoms with Crippen LogP contribution >= 0.6 is 0 Å². The van der Waals surface area contributed by atoms with Gasteiger partial charge in [-0.05, 0) is 101 Å². The second-order valence-corrected chi connectivity index (χ2v) is 11.8. The van der Waals surface area contributed by atoms with Crippen molar-refractivity contribution in [2.24, 2.45) is 0 Å². The van der Waals surface area contributed by atoms with E-state index in [2.05, 4.69) is 192 Å². The Bertz CT molecular complexity index is 2430. The molecule has 0 aliphatic rings. The largest absolute Gasteiger partial charge is 0.456 e. The first-order chi connectivity index (χ1) is 23.3. The van der Waals surface area contributed by atoms with Crippen molar-refractivity contribution in [2.45, 2.75) is 0 Å². The minimum Gasteiger partial charge on any atom is -0.456 e. The monoisotopic (exact) mass is 602 g/mol. The lowest BCUT2D eigenvalue weighted by molar-refractivity contribution is 0.669. The Labute approximate surface area is 273 Å². The summed E-state index contributed by atoms with van der Waals surface area (Å²) in [5, 5.41) is 6.96. The molecule has 9 rings (SSSR count). The van der Waals surface area contributed by atoms with Gasteiger partial charge in [0.05, 0.1) is 5.69 Å². The fourth-order valence-corrected chi connectivity index (χ4v) is 6.85. The molecule has 1 heterocycles. The lowest BCUT2D eigenvalue weighted by Gasteiger charge is -2.27. The summed E-state index contributed by atoms with van der Waals surface area (Å²) in [6.45, 7) is 0. The first-order valence-electron chi connectivity index (χ1n) is 15.9. The SMILES string of the molecule is c1ccc(N(c2ccccc2)c2ccc3oc4cc5ccc6c(N(c7ccccc7)c7ccccc7)cccc6c5cc4c3c2)cc1. The van der Waals surface area contributed by atoms with Crippen molar-refractivity contribution in [1.82, 2.24) is 0 Å². The van der Waals surface area contributed by atoms with Crippen LogP contribution in [0.5, 0.6) is 0 Å². The highest BCUT2D eigenvalue weighted by Gasteiger charge is 2.18. The number of hydrogen-bond acceptors (Lipinski definition) is 3. The molecule has 0 unspecified atom stereocenters. The Morgan fingerprint density at radius 1 is 0.298 bits per heavy atom. The fraction of sp³-hybridized carbons (Fsp3) is 0. The predicted octanol–water partition coefficient (Wildman–Crippen LogP) is 12.8. The molecule has 9 aromatic rings. The van der Waals surface area contributed by atoms with Gasteiger partial charge in [0, 0.05) is 44.6 Å². The summed E-state index contributed by atoms with van der Waals surface area (Å²) >= 11 is 0. The van der Waals surface area contributed by atoms with Crippen molar-refractivity contribution in [3.63, 3.8) is 0 Å². The molecule has 0 aliphatic heterocycles. The standard InChI is InChI=1S/C44H30N2O/c1-5-14-32(15-6-1)45(33-16-7-2-8-17-33)36-25-27-43-40(29-36)41-30-39-31(28-44(41)47-43)24-26-38-37(39)22-13-23-42(38)46(34-18-9-3-10-19-34)35-20-11-4-12-21-35/h1-30H. The maximum absolute atomic E-state index is 6.47. The lowest BCUT2D eigenvalue weighted by Crippen LogP contribution is -2.10. The summed E-state index contributed by atoms with van der Waals surface area (Å²) in [5.74, 6) is 0. The number of nitrogens with zero attached hydrogens (tertiary/aromatic N) is 2. The van der Waals surface area contributed by atoms with Crippen molar-refractivity contribution >= 4 is 77.6 Å². The first-order valence-corrected chi connectivity index (χ1v) is 15.9. The molecule has 0 radical (unpaired) electrons. The average Bonchev–Trinajstić information content (AvgIpc) is 3.49. The van der Waals surface area contributed by atoms with Gasteiger partial charge < -0.3 is 14.2 Å². The van der Waals surface area contributed by atoms with Gasteiger partial charge in [-0.1, -0.05) is 97.1 Å². The van der Waals surface area contributed by atoms with Crippen LogP contribution in [0.4, 0.5) is 34.1 Å². The fourth-order valence-electron chi connectivity index (χ4n) is 6.85. The van der Waals surface area contributed by atoms with Gasteiger partial charge in [0.2, 0.25) is 0 Å². The molecule has 0 bridgehead atoms. The van der Waals surface area contributed by atoms with E-state index in [1.807, 2.05) is 0 Å². The zero-order chi connectivity index (χ0) is 31.2. The van der Waals surface area contributed by atoms with E-state index in [-0.39, 0.29) is 0 Å². The molecule has 3 nitrogen and oxygen atoms in total. The Morgan fingerprint density at radius 2 is 0.851 bits per heavy atom. The van der Waals surface area contributed by atoms with E-state index in [1.54, 1.807) is 0 Å². The molecule has 3 heteroatoms. The second kappa shape index (κ2) is 11.2. The summed E-state index contributed by atoms with van der Waals surface area (Å²) in [6, 6.07) is 64.3. The summed E-state index contributed by atoms with van der Waals surface area (Å²) in [7, 11) is 0. The molecule has 8 aromatic carbocycles. The van der Waals surface area contributed by atoms with E-state index >= 15 is 0 Å². The van der Waals surface area contributed by atoms with Gasteiger partial charge in [0.1, 0.15) is 11.2 Å². The van der Waals surface area contributed by atoms with E-state index in [1.165, 1.54) is 16.2 Å². The number of para-hydroxylation sites is 4. The minimum atomic E-state index is 0.879. The van der Waals surface area contributed by atoms with Crippen molar-refractivity contribution < 1.29 is 4.42 Å². The third-order valence-corrected chi connectivity index (χ3v) is 8.98. The van der Waals surface area contributed by atoms with E-state index in [9.17, 15) is 0 Å². The average molecular weight is 603 g/mol. The lowest BCUT2D eigenvalue weighted by atomic mass is 9.98. The van der Waals surface area contributed by atoms with Crippen molar-refractivity contribution in [3.05, 3.63) is 182 Å². The minimum absolute atomic E-state index is 0.879. The Balaban J connectivity index is 1.25. The van der Waals surface area contributed by atoms with Crippen LogP contribution in [-0.2, 0) is 0 Å². The van der Waals surface area contributed by atoms with E-state index < -0.39 is 0 Å². The predicted molar refractivity (Wildman–Crippen MR) is 198 cm³/mol. The molecule has 0 fully saturated rings. The van der Waals surface area contributed by atoms with Crippen LogP contribution in [0.25, 0.3) is 43.5 Å². The molecule has 0 saturated carbocycles. The number of benzene rings is 8.